The normalized spacial score (nSPS) is 30.2. The summed E-state index contributed by atoms with van der Waals surface area (Å²) < 4.78 is 5.40. The molecule has 0 saturated carbocycles. The third-order valence-electron chi connectivity index (χ3n) is 3.51. The molecule has 1 aromatic carbocycles. The van der Waals surface area contributed by atoms with Crippen molar-refractivity contribution in [2.45, 2.75) is 18.8 Å². The molecule has 3 rings (SSSR count). The highest BCUT2D eigenvalue weighted by atomic mass is 16.6. The van der Waals surface area contributed by atoms with Gasteiger partial charge in [-0.3, -0.25) is 14.5 Å². The molecule has 88 valence electrons. The molecule has 1 saturated heterocycles. The third-order valence-corrected chi connectivity index (χ3v) is 3.51. The first-order valence-electron chi connectivity index (χ1n) is 5.53. The maximum absolute atomic E-state index is 12.4. The average molecular weight is 231 g/mol. The SMILES string of the molecule is Cc1ccc2c(c1)C(=O)C1OC1(N(C)C)C2=O. The van der Waals surface area contributed by atoms with Crippen LogP contribution >= 0.6 is 0 Å². The smallest absolute Gasteiger partial charge is 0.220 e. The van der Waals surface area contributed by atoms with E-state index in [0.717, 1.165) is 5.56 Å². The van der Waals surface area contributed by atoms with Gasteiger partial charge in [0, 0.05) is 11.1 Å². The largest absolute Gasteiger partial charge is 0.333 e. The van der Waals surface area contributed by atoms with E-state index in [1.807, 2.05) is 13.0 Å². The number of ether oxygens (including phenoxy) is 1. The van der Waals surface area contributed by atoms with Gasteiger partial charge in [0.25, 0.3) is 0 Å². The van der Waals surface area contributed by atoms with Crippen molar-refractivity contribution in [1.29, 1.82) is 0 Å². The number of ketones is 2. The predicted octanol–water partition coefficient (Wildman–Crippen LogP) is 1.03. The molecule has 4 nitrogen and oxygen atoms in total. The monoisotopic (exact) mass is 231 g/mol. The Balaban J connectivity index is 2.19. The number of fused-ring (bicyclic) bond motifs is 2. The fraction of sp³-hybridized carbons (Fsp3) is 0.385. The molecule has 0 aromatic heterocycles. The summed E-state index contributed by atoms with van der Waals surface area (Å²) in [6.45, 7) is 1.90. The Labute approximate surface area is 99.2 Å². The molecule has 1 aliphatic heterocycles. The number of Topliss-reactive ketones (excluding diaryl/α,β-unsaturated/α-hetero) is 2. The Morgan fingerprint density at radius 1 is 1.24 bits per heavy atom. The molecule has 2 unspecified atom stereocenters. The lowest BCUT2D eigenvalue weighted by Crippen LogP contribution is -2.47. The van der Waals surface area contributed by atoms with Crippen molar-refractivity contribution in [2.24, 2.45) is 0 Å². The van der Waals surface area contributed by atoms with Gasteiger partial charge in [0.15, 0.2) is 11.9 Å². The molecule has 0 N–H and O–H groups in total. The summed E-state index contributed by atoms with van der Waals surface area (Å²) in [5.41, 5.74) is 0.903. The lowest BCUT2D eigenvalue weighted by Gasteiger charge is -2.24. The van der Waals surface area contributed by atoms with Gasteiger partial charge >= 0.3 is 0 Å². The van der Waals surface area contributed by atoms with Crippen molar-refractivity contribution >= 4 is 11.6 Å². The third kappa shape index (κ3) is 1.14. The summed E-state index contributed by atoms with van der Waals surface area (Å²) in [6.07, 6.45) is -0.626. The number of carbonyl (C=O) groups is 2. The highest BCUT2D eigenvalue weighted by molar-refractivity contribution is 6.22. The number of aryl methyl sites for hydroxylation is 1. The Hall–Kier alpha value is -1.52. The highest BCUT2D eigenvalue weighted by Crippen LogP contribution is 2.47. The molecule has 1 aromatic rings. The average Bonchev–Trinajstić information content (AvgIpc) is 3.03. The molecule has 2 atom stereocenters. The van der Waals surface area contributed by atoms with E-state index in [1.54, 1.807) is 31.1 Å². The minimum Gasteiger partial charge on any atom is -0.333 e. The van der Waals surface area contributed by atoms with Crippen LogP contribution in [0.2, 0.25) is 0 Å². The topological polar surface area (TPSA) is 49.9 Å². The van der Waals surface area contributed by atoms with Gasteiger partial charge in [-0.15, -0.1) is 0 Å². The van der Waals surface area contributed by atoms with Crippen LogP contribution in [-0.4, -0.2) is 42.4 Å². The van der Waals surface area contributed by atoms with Gasteiger partial charge in [0.1, 0.15) is 0 Å². The molecule has 1 heterocycles. The Morgan fingerprint density at radius 2 is 1.94 bits per heavy atom. The van der Waals surface area contributed by atoms with Gasteiger partial charge in [-0.1, -0.05) is 17.7 Å². The summed E-state index contributed by atoms with van der Waals surface area (Å²) >= 11 is 0. The number of hydrogen-bond acceptors (Lipinski definition) is 4. The number of hydrogen-bond donors (Lipinski definition) is 0. The van der Waals surface area contributed by atoms with E-state index in [1.165, 1.54) is 0 Å². The molecule has 1 aliphatic carbocycles. The van der Waals surface area contributed by atoms with Crippen LogP contribution in [0, 0.1) is 6.92 Å². The van der Waals surface area contributed by atoms with E-state index in [9.17, 15) is 9.59 Å². The first-order valence-corrected chi connectivity index (χ1v) is 5.53. The zero-order chi connectivity index (χ0) is 12.4. The van der Waals surface area contributed by atoms with Crippen molar-refractivity contribution in [3.05, 3.63) is 34.9 Å². The number of epoxide rings is 1. The van der Waals surface area contributed by atoms with Gasteiger partial charge < -0.3 is 4.74 Å². The number of rotatable bonds is 1. The molecular formula is C13H13NO3. The van der Waals surface area contributed by atoms with Gasteiger partial charge in [-0.25, -0.2) is 0 Å². The molecule has 0 amide bonds. The second kappa shape index (κ2) is 3.03. The second-order valence-electron chi connectivity index (χ2n) is 4.83. The lowest BCUT2D eigenvalue weighted by atomic mass is 9.85. The van der Waals surface area contributed by atoms with Crippen LogP contribution in [0.15, 0.2) is 18.2 Å². The van der Waals surface area contributed by atoms with Crippen LogP contribution in [0.5, 0.6) is 0 Å². The van der Waals surface area contributed by atoms with Crippen LogP contribution in [0.4, 0.5) is 0 Å². The summed E-state index contributed by atoms with van der Waals surface area (Å²) in [5.74, 6) is -0.195. The van der Waals surface area contributed by atoms with E-state index < -0.39 is 11.8 Å². The second-order valence-corrected chi connectivity index (χ2v) is 4.83. The number of likely N-dealkylation sites (N-methyl/N-ethyl adjacent to an activating group) is 1. The van der Waals surface area contributed by atoms with Crippen LogP contribution in [0.25, 0.3) is 0 Å². The molecular weight excluding hydrogens is 218 g/mol. The van der Waals surface area contributed by atoms with Crippen molar-refractivity contribution in [1.82, 2.24) is 4.90 Å². The van der Waals surface area contributed by atoms with Crippen LogP contribution in [-0.2, 0) is 4.74 Å². The summed E-state index contributed by atoms with van der Waals surface area (Å²) in [4.78, 5) is 26.2. The summed E-state index contributed by atoms with van der Waals surface area (Å²) in [5, 5.41) is 0. The van der Waals surface area contributed by atoms with E-state index >= 15 is 0 Å². The fourth-order valence-corrected chi connectivity index (χ4v) is 2.49. The first kappa shape index (κ1) is 10.6. The zero-order valence-corrected chi connectivity index (χ0v) is 9.98. The fourth-order valence-electron chi connectivity index (χ4n) is 2.49. The maximum atomic E-state index is 12.4. The number of nitrogens with zero attached hydrogens (tertiary/aromatic N) is 1. The standard InChI is InChI=1S/C13H13NO3/c1-7-4-5-8-9(6-7)10(15)12-13(17-12,11(8)16)14(2)3/h4-6,12H,1-3H3. The molecule has 2 aliphatic rings. The van der Waals surface area contributed by atoms with Crippen molar-refractivity contribution in [3.63, 3.8) is 0 Å². The van der Waals surface area contributed by atoms with E-state index in [0.29, 0.717) is 11.1 Å². The Morgan fingerprint density at radius 3 is 2.59 bits per heavy atom. The molecule has 0 radical (unpaired) electrons. The maximum Gasteiger partial charge on any atom is 0.220 e. The first-order chi connectivity index (χ1) is 7.98. The highest BCUT2D eigenvalue weighted by Gasteiger charge is 2.70. The lowest BCUT2D eigenvalue weighted by molar-refractivity contribution is 0.0653. The van der Waals surface area contributed by atoms with Crippen molar-refractivity contribution in [2.75, 3.05) is 14.1 Å². The van der Waals surface area contributed by atoms with Gasteiger partial charge in [0.2, 0.25) is 11.5 Å². The minimum absolute atomic E-state index is 0.0861. The van der Waals surface area contributed by atoms with Crippen LogP contribution in [0.3, 0.4) is 0 Å². The molecule has 4 heteroatoms. The minimum atomic E-state index is -1.04. The van der Waals surface area contributed by atoms with E-state index in [4.69, 9.17) is 4.74 Å². The van der Waals surface area contributed by atoms with Crippen LogP contribution in [0.1, 0.15) is 26.3 Å². The van der Waals surface area contributed by atoms with Gasteiger partial charge in [-0.05, 0) is 27.1 Å². The number of carbonyl (C=O) groups excluding carboxylic acids is 2. The van der Waals surface area contributed by atoms with Crippen molar-refractivity contribution in [3.8, 4) is 0 Å². The molecule has 0 bridgehead atoms. The quantitative estimate of drug-likeness (QED) is 0.677. The van der Waals surface area contributed by atoms with Gasteiger partial charge in [-0.2, -0.15) is 0 Å². The molecule has 1 fully saturated rings. The summed E-state index contributed by atoms with van der Waals surface area (Å²) in [7, 11) is 3.51. The summed E-state index contributed by atoms with van der Waals surface area (Å²) in [6, 6.07) is 5.32. The predicted molar refractivity (Wildman–Crippen MR) is 61.1 cm³/mol. The molecule has 0 spiro atoms. The molecule has 17 heavy (non-hydrogen) atoms. The zero-order valence-electron chi connectivity index (χ0n) is 9.98. The van der Waals surface area contributed by atoms with E-state index in [-0.39, 0.29) is 11.6 Å². The van der Waals surface area contributed by atoms with E-state index in [2.05, 4.69) is 0 Å². The van der Waals surface area contributed by atoms with Crippen molar-refractivity contribution < 1.29 is 14.3 Å². The Bertz CT molecular complexity index is 550. The van der Waals surface area contributed by atoms with Crippen LogP contribution < -0.4 is 0 Å². The van der Waals surface area contributed by atoms with Gasteiger partial charge in [0.05, 0.1) is 0 Å². The number of benzene rings is 1. The Kier molecular flexibility index (Phi) is 1.89.